The zero-order valence-electron chi connectivity index (χ0n) is 10.7. The maximum absolute atomic E-state index is 12.4. The highest BCUT2D eigenvalue weighted by Crippen LogP contribution is 2.22. The van der Waals surface area contributed by atoms with Crippen LogP contribution in [0.3, 0.4) is 0 Å². The second kappa shape index (κ2) is 6.13. The predicted molar refractivity (Wildman–Crippen MR) is 78.2 cm³/mol. The van der Waals surface area contributed by atoms with Gasteiger partial charge in [0.1, 0.15) is 0 Å². The van der Waals surface area contributed by atoms with Crippen LogP contribution in [0.4, 0.5) is 0 Å². The average Bonchev–Trinajstić information content (AvgIpc) is 2.90. The molecule has 0 radical (unpaired) electrons. The minimum Gasteiger partial charge on any atom is -0.266 e. The van der Waals surface area contributed by atoms with E-state index in [1.54, 1.807) is 18.2 Å². The van der Waals surface area contributed by atoms with Crippen LogP contribution in [0, 0.1) is 0 Å². The summed E-state index contributed by atoms with van der Waals surface area (Å²) in [6.45, 7) is 0.169. The van der Waals surface area contributed by atoms with Gasteiger partial charge in [0.05, 0.1) is 12.1 Å². The zero-order chi connectivity index (χ0) is 14.8. The number of H-pyrrole nitrogens is 1. The summed E-state index contributed by atoms with van der Waals surface area (Å²) >= 11 is 11.7. The van der Waals surface area contributed by atoms with Crippen LogP contribution in [-0.4, -0.2) is 30.0 Å². The fourth-order valence-electron chi connectivity index (χ4n) is 1.73. The Balaban J connectivity index is 2.29. The molecule has 5 nitrogen and oxygen atoms in total. The number of hydrogen-bond donors (Lipinski definition) is 1. The van der Waals surface area contributed by atoms with E-state index in [1.165, 1.54) is 17.5 Å². The fraction of sp³-hybridized carbons (Fsp3) is 0.250. The second-order valence-electron chi connectivity index (χ2n) is 4.21. The largest absolute Gasteiger partial charge is 0.266 e. The number of halogens is 2. The Morgan fingerprint density at radius 2 is 2.00 bits per heavy atom. The van der Waals surface area contributed by atoms with Gasteiger partial charge >= 0.3 is 0 Å². The molecule has 0 fully saturated rings. The molecule has 0 saturated heterocycles. The number of nitrogens with zero attached hydrogens (tertiary/aromatic N) is 2. The third kappa shape index (κ3) is 2.98. The quantitative estimate of drug-likeness (QED) is 0.855. The van der Waals surface area contributed by atoms with Crippen molar-refractivity contribution in [2.24, 2.45) is 0 Å². The van der Waals surface area contributed by atoms with Crippen LogP contribution in [0.25, 0.3) is 0 Å². The molecule has 0 aliphatic heterocycles. The van der Waals surface area contributed by atoms with Crippen LogP contribution >= 0.6 is 23.2 Å². The molecule has 1 heterocycles. The molecular weight excluding hydrogens is 321 g/mol. The highest BCUT2D eigenvalue weighted by Gasteiger charge is 2.26. The Bertz CT molecular complexity index is 700. The highest BCUT2D eigenvalue weighted by atomic mass is 35.5. The Hall–Kier alpha value is -1.08. The van der Waals surface area contributed by atoms with E-state index in [-0.39, 0.29) is 17.5 Å². The van der Waals surface area contributed by atoms with Gasteiger partial charge < -0.3 is 0 Å². The molecule has 1 aromatic heterocycles. The summed E-state index contributed by atoms with van der Waals surface area (Å²) < 4.78 is 26.1. The van der Waals surface area contributed by atoms with Crippen LogP contribution < -0.4 is 0 Å². The van der Waals surface area contributed by atoms with E-state index in [2.05, 4.69) is 10.2 Å². The SMILES string of the molecule is CN(Cc1ccccc1Cl)S(=O)(=O)c1[nH]ncc1CCl. The molecule has 1 aromatic carbocycles. The van der Waals surface area contributed by atoms with Crippen molar-refractivity contribution in [3.05, 3.63) is 46.6 Å². The molecule has 8 heteroatoms. The van der Waals surface area contributed by atoms with Crippen molar-refractivity contribution in [1.29, 1.82) is 0 Å². The molecule has 2 rings (SSSR count). The molecule has 2 aromatic rings. The molecular formula is C12H13Cl2N3O2S. The minimum absolute atomic E-state index is 0.0158. The van der Waals surface area contributed by atoms with E-state index in [0.29, 0.717) is 10.6 Å². The van der Waals surface area contributed by atoms with Crippen molar-refractivity contribution >= 4 is 33.2 Å². The van der Waals surface area contributed by atoms with Crippen molar-refractivity contribution in [2.75, 3.05) is 7.05 Å². The number of rotatable bonds is 5. The highest BCUT2D eigenvalue weighted by molar-refractivity contribution is 7.89. The maximum Gasteiger partial charge on any atom is 0.260 e. The zero-order valence-corrected chi connectivity index (χ0v) is 13.0. The fourth-order valence-corrected chi connectivity index (χ4v) is 3.45. The van der Waals surface area contributed by atoms with Gasteiger partial charge in [-0.2, -0.15) is 9.40 Å². The van der Waals surface area contributed by atoms with Crippen LogP contribution in [0.5, 0.6) is 0 Å². The first-order chi connectivity index (χ1) is 9.46. The number of nitrogens with one attached hydrogen (secondary N) is 1. The predicted octanol–water partition coefficient (Wildman–Crippen LogP) is 2.62. The van der Waals surface area contributed by atoms with Gasteiger partial charge in [-0.25, -0.2) is 8.42 Å². The second-order valence-corrected chi connectivity index (χ2v) is 6.87. The lowest BCUT2D eigenvalue weighted by Crippen LogP contribution is -2.27. The Labute approximate surface area is 127 Å². The summed E-state index contributed by atoms with van der Waals surface area (Å²) in [7, 11) is -2.20. The average molecular weight is 334 g/mol. The minimum atomic E-state index is -3.68. The van der Waals surface area contributed by atoms with E-state index in [9.17, 15) is 8.42 Å². The first-order valence-electron chi connectivity index (χ1n) is 5.74. The van der Waals surface area contributed by atoms with Gasteiger partial charge in [0.25, 0.3) is 10.0 Å². The standard InChI is InChI=1S/C12H13Cl2N3O2S/c1-17(8-9-4-2-3-5-11(9)14)20(18,19)12-10(6-13)7-15-16-12/h2-5,7H,6,8H2,1H3,(H,15,16). The summed E-state index contributed by atoms with van der Waals surface area (Å²) in [6, 6.07) is 7.10. The smallest absolute Gasteiger partial charge is 0.260 e. The van der Waals surface area contributed by atoms with Gasteiger partial charge in [0.15, 0.2) is 5.03 Å². The summed E-state index contributed by atoms with van der Waals surface area (Å²) in [5.74, 6) is 0.0744. The first-order valence-corrected chi connectivity index (χ1v) is 8.10. The summed E-state index contributed by atoms with van der Waals surface area (Å²) in [4.78, 5) is 0. The van der Waals surface area contributed by atoms with Crippen molar-refractivity contribution in [3.8, 4) is 0 Å². The third-order valence-electron chi connectivity index (χ3n) is 2.84. The number of aromatic amines is 1. The molecule has 0 unspecified atom stereocenters. The van der Waals surface area contributed by atoms with E-state index in [1.807, 2.05) is 6.07 Å². The van der Waals surface area contributed by atoms with E-state index >= 15 is 0 Å². The van der Waals surface area contributed by atoms with Gasteiger partial charge in [0, 0.05) is 24.2 Å². The maximum atomic E-state index is 12.4. The molecule has 1 N–H and O–H groups in total. The monoisotopic (exact) mass is 333 g/mol. The van der Waals surface area contributed by atoms with Gasteiger partial charge in [-0.15, -0.1) is 11.6 Å². The van der Waals surface area contributed by atoms with Gasteiger partial charge in [-0.3, -0.25) is 5.10 Å². The lowest BCUT2D eigenvalue weighted by atomic mass is 10.2. The number of alkyl halides is 1. The number of hydrogen-bond acceptors (Lipinski definition) is 3. The van der Waals surface area contributed by atoms with Crippen LogP contribution in [-0.2, 0) is 22.4 Å². The van der Waals surface area contributed by atoms with Gasteiger partial charge in [0.2, 0.25) is 0 Å². The van der Waals surface area contributed by atoms with E-state index in [0.717, 1.165) is 5.56 Å². The van der Waals surface area contributed by atoms with Crippen molar-refractivity contribution in [3.63, 3.8) is 0 Å². The molecule has 20 heavy (non-hydrogen) atoms. The van der Waals surface area contributed by atoms with E-state index in [4.69, 9.17) is 23.2 Å². The molecule has 0 aliphatic carbocycles. The molecule has 0 aliphatic rings. The summed E-state index contributed by atoms with van der Waals surface area (Å²) in [5.41, 5.74) is 1.17. The van der Waals surface area contributed by atoms with E-state index < -0.39 is 10.0 Å². The molecule has 0 atom stereocenters. The van der Waals surface area contributed by atoms with Crippen molar-refractivity contribution in [2.45, 2.75) is 17.5 Å². The Morgan fingerprint density at radius 1 is 1.30 bits per heavy atom. The first kappa shape index (κ1) is 15.3. The third-order valence-corrected chi connectivity index (χ3v) is 5.32. The van der Waals surface area contributed by atoms with Crippen LogP contribution in [0.15, 0.2) is 35.5 Å². The molecule has 0 saturated carbocycles. The van der Waals surface area contributed by atoms with Crippen LogP contribution in [0.1, 0.15) is 11.1 Å². The van der Waals surface area contributed by atoms with Crippen molar-refractivity contribution < 1.29 is 8.42 Å². The number of aromatic nitrogens is 2. The van der Waals surface area contributed by atoms with Crippen molar-refractivity contribution in [1.82, 2.24) is 14.5 Å². The van der Waals surface area contributed by atoms with Crippen LogP contribution in [0.2, 0.25) is 5.02 Å². The lowest BCUT2D eigenvalue weighted by Gasteiger charge is -2.17. The summed E-state index contributed by atoms with van der Waals surface area (Å²) in [6.07, 6.45) is 1.41. The Kier molecular flexibility index (Phi) is 4.70. The number of sulfonamides is 1. The van der Waals surface area contributed by atoms with Gasteiger partial charge in [-0.1, -0.05) is 29.8 Å². The topological polar surface area (TPSA) is 66.1 Å². The number of benzene rings is 1. The summed E-state index contributed by atoms with van der Waals surface area (Å²) in [5, 5.41) is 6.75. The molecule has 108 valence electrons. The normalized spacial score (nSPS) is 12.0. The molecule has 0 amide bonds. The molecule has 0 bridgehead atoms. The van der Waals surface area contributed by atoms with Gasteiger partial charge in [-0.05, 0) is 11.6 Å². The Morgan fingerprint density at radius 3 is 2.65 bits per heavy atom. The molecule has 0 spiro atoms. The lowest BCUT2D eigenvalue weighted by molar-refractivity contribution is 0.463.